The molecule has 1 N–H and O–H groups in total. The van der Waals surface area contributed by atoms with Gasteiger partial charge in [0.25, 0.3) is 5.91 Å². The van der Waals surface area contributed by atoms with Gasteiger partial charge < -0.3 is 5.11 Å². The third-order valence-electron chi connectivity index (χ3n) is 5.14. The number of carbonyl (C=O) groups is 1. The van der Waals surface area contributed by atoms with Crippen LogP contribution in [0.3, 0.4) is 0 Å². The van der Waals surface area contributed by atoms with Crippen LogP contribution in [-0.4, -0.2) is 16.6 Å². The normalized spacial score (nSPS) is 28.3. The summed E-state index contributed by atoms with van der Waals surface area (Å²) in [5.41, 5.74) is 1.93. The van der Waals surface area contributed by atoms with E-state index in [1.165, 1.54) is 5.56 Å². The summed E-state index contributed by atoms with van der Waals surface area (Å²) in [5.74, 6) is 0.210. The lowest BCUT2D eigenvalue weighted by Crippen LogP contribution is -2.39. The standard InChI is InChI=1S/C21H21NO2/c1-21(24)12-18(13-21)15-8-6-14(7-9-15)10-17-11-16-4-2-3-5-19(16)22-20(17)23/h2-9,11,17-18,24H,10,12-13H2,1H3. The molecule has 4 rings (SSSR count). The molecule has 2 aromatic carbocycles. The van der Waals surface area contributed by atoms with Crippen molar-refractivity contribution in [2.24, 2.45) is 10.9 Å². The van der Waals surface area contributed by atoms with Crippen molar-refractivity contribution in [1.82, 2.24) is 0 Å². The summed E-state index contributed by atoms with van der Waals surface area (Å²) in [6, 6.07) is 16.2. The van der Waals surface area contributed by atoms with Gasteiger partial charge in [0.15, 0.2) is 0 Å². The van der Waals surface area contributed by atoms with E-state index in [9.17, 15) is 9.90 Å². The fourth-order valence-corrected chi connectivity index (χ4v) is 3.78. The zero-order valence-corrected chi connectivity index (χ0v) is 13.8. The number of aliphatic hydroxyl groups is 1. The van der Waals surface area contributed by atoms with E-state index in [1.807, 2.05) is 37.3 Å². The van der Waals surface area contributed by atoms with Gasteiger partial charge in [-0.3, -0.25) is 4.79 Å². The zero-order chi connectivity index (χ0) is 16.7. The largest absolute Gasteiger partial charge is 0.390 e. The quantitative estimate of drug-likeness (QED) is 0.942. The Morgan fingerprint density at radius 2 is 1.83 bits per heavy atom. The van der Waals surface area contributed by atoms with E-state index in [0.717, 1.165) is 29.0 Å². The summed E-state index contributed by atoms with van der Waals surface area (Å²) in [4.78, 5) is 16.4. The number of fused-ring (bicyclic) bond motifs is 1. The van der Waals surface area contributed by atoms with Crippen LogP contribution in [0, 0.1) is 5.92 Å². The molecule has 1 atom stereocenters. The average molecular weight is 319 g/mol. The molecule has 0 bridgehead atoms. The molecule has 3 heteroatoms. The van der Waals surface area contributed by atoms with Crippen molar-refractivity contribution in [3.63, 3.8) is 0 Å². The van der Waals surface area contributed by atoms with Crippen LogP contribution in [0.15, 0.2) is 53.5 Å². The predicted molar refractivity (Wildman–Crippen MR) is 92.9 cm³/mol. The molecule has 0 radical (unpaired) electrons. The Morgan fingerprint density at radius 3 is 2.54 bits per heavy atom. The first-order valence-electron chi connectivity index (χ1n) is 8.51. The summed E-state index contributed by atoms with van der Waals surface area (Å²) in [6.07, 6.45) is 4.37. The van der Waals surface area contributed by atoms with Gasteiger partial charge in [-0.1, -0.05) is 48.5 Å². The van der Waals surface area contributed by atoms with E-state index < -0.39 is 5.60 Å². The van der Waals surface area contributed by atoms with E-state index in [2.05, 4.69) is 29.3 Å². The van der Waals surface area contributed by atoms with Crippen molar-refractivity contribution in [3.8, 4) is 0 Å². The Morgan fingerprint density at radius 1 is 1.12 bits per heavy atom. The van der Waals surface area contributed by atoms with Crippen LogP contribution in [0.25, 0.3) is 6.08 Å². The smallest absolute Gasteiger partial charge is 0.253 e. The predicted octanol–water partition coefficient (Wildman–Crippen LogP) is 2.11. The minimum Gasteiger partial charge on any atom is -0.390 e. The second kappa shape index (κ2) is 5.67. The summed E-state index contributed by atoms with van der Waals surface area (Å²) < 4.78 is 0. The van der Waals surface area contributed by atoms with Crippen molar-refractivity contribution in [2.45, 2.75) is 37.7 Å². The second-order valence-corrected chi connectivity index (χ2v) is 7.33. The van der Waals surface area contributed by atoms with Crippen LogP contribution in [-0.2, 0) is 11.2 Å². The van der Waals surface area contributed by atoms with Crippen LogP contribution >= 0.6 is 0 Å². The molecule has 0 saturated heterocycles. The van der Waals surface area contributed by atoms with E-state index in [-0.39, 0.29) is 11.8 Å². The average Bonchev–Trinajstić information content (AvgIpc) is 2.54. The van der Waals surface area contributed by atoms with E-state index in [1.54, 1.807) is 0 Å². The molecule has 1 amide bonds. The highest BCUT2D eigenvalue weighted by Gasteiger charge is 2.38. The number of hydrogen-bond donors (Lipinski definition) is 1. The van der Waals surface area contributed by atoms with Crippen LogP contribution in [0.4, 0.5) is 0 Å². The lowest BCUT2D eigenvalue weighted by atomic mass is 9.69. The van der Waals surface area contributed by atoms with Crippen molar-refractivity contribution in [3.05, 3.63) is 70.2 Å². The summed E-state index contributed by atoms with van der Waals surface area (Å²) in [5, 5.41) is 11.7. The van der Waals surface area contributed by atoms with Crippen LogP contribution in [0.5, 0.6) is 0 Å². The molecule has 1 aliphatic heterocycles. The van der Waals surface area contributed by atoms with Gasteiger partial charge in [-0.25, -0.2) is 4.99 Å². The molecular formula is C21H21NO2. The fourth-order valence-electron chi connectivity index (χ4n) is 3.78. The zero-order valence-electron chi connectivity index (χ0n) is 13.8. The lowest BCUT2D eigenvalue weighted by molar-refractivity contribution is -0.120. The lowest BCUT2D eigenvalue weighted by Gasteiger charge is -2.41. The Bertz CT molecular complexity index is 888. The molecule has 0 aromatic heterocycles. The highest BCUT2D eigenvalue weighted by atomic mass is 16.3. The van der Waals surface area contributed by atoms with Gasteiger partial charge in [0.05, 0.1) is 16.9 Å². The molecular weight excluding hydrogens is 298 g/mol. The van der Waals surface area contributed by atoms with Gasteiger partial charge in [0.1, 0.15) is 0 Å². The number of carbonyl (C=O) groups excluding carboxylic acids is 1. The molecule has 0 spiro atoms. The SMILES string of the molecule is CC1(O)CC(c2ccc(CC3C=c4ccccc4=NC3=O)cc2)C1. The maximum atomic E-state index is 12.2. The van der Waals surface area contributed by atoms with Crippen LogP contribution in [0.1, 0.15) is 36.8 Å². The van der Waals surface area contributed by atoms with E-state index in [0.29, 0.717) is 12.3 Å². The van der Waals surface area contributed by atoms with Gasteiger partial charge in [-0.15, -0.1) is 0 Å². The van der Waals surface area contributed by atoms with Crippen LogP contribution < -0.4 is 10.6 Å². The number of benzene rings is 2. The molecule has 3 nitrogen and oxygen atoms in total. The van der Waals surface area contributed by atoms with Gasteiger partial charge in [-0.05, 0) is 54.5 Å². The number of rotatable bonds is 3. The minimum atomic E-state index is -0.498. The third-order valence-corrected chi connectivity index (χ3v) is 5.14. The molecule has 122 valence electrons. The molecule has 1 fully saturated rings. The monoisotopic (exact) mass is 319 g/mol. The topological polar surface area (TPSA) is 49.7 Å². The summed E-state index contributed by atoms with van der Waals surface area (Å²) in [7, 11) is 0. The molecule has 24 heavy (non-hydrogen) atoms. The number of para-hydroxylation sites is 1. The van der Waals surface area contributed by atoms with E-state index in [4.69, 9.17) is 0 Å². The maximum absolute atomic E-state index is 12.2. The summed E-state index contributed by atoms with van der Waals surface area (Å²) >= 11 is 0. The Labute approximate surface area is 141 Å². The van der Waals surface area contributed by atoms with Gasteiger partial charge in [0.2, 0.25) is 0 Å². The molecule has 2 aromatic rings. The fraction of sp³-hybridized carbons (Fsp3) is 0.333. The summed E-state index contributed by atoms with van der Waals surface area (Å²) in [6.45, 7) is 1.89. The maximum Gasteiger partial charge on any atom is 0.253 e. The molecule has 1 saturated carbocycles. The highest BCUT2D eigenvalue weighted by Crippen LogP contribution is 2.44. The third kappa shape index (κ3) is 2.92. The van der Waals surface area contributed by atoms with Gasteiger partial charge in [-0.2, -0.15) is 0 Å². The van der Waals surface area contributed by atoms with E-state index >= 15 is 0 Å². The molecule has 1 heterocycles. The first-order valence-corrected chi connectivity index (χ1v) is 8.51. The number of nitrogens with zero attached hydrogens (tertiary/aromatic N) is 1. The van der Waals surface area contributed by atoms with Crippen molar-refractivity contribution >= 4 is 12.0 Å². The Hall–Kier alpha value is -2.26. The van der Waals surface area contributed by atoms with Crippen molar-refractivity contribution < 1.29 is 9.90 Å². The van der Waals surface area contributed by atoms with Gasteiger partial charge in [0, 0.05) is 0 Å². The Balaban J connectivity index is 1.50. The minimum absolute atomic E-state index is 0.0622. The second-order valence-electron chi connectivity index (χ2n) is 7.33. The van der Waals surface area contributed by atoms with Gasteiger partial charge >= 0.3 is 0 Å². The molecule has 1 aliphatic carbocycles. The number of amides is 1. The van der Waals surface area contributed by atoms with Crippen LogP contribution in [0.2, 0.25) is 0 Å². The first kappa shape index (κ1) is 15.3. The number of hydrogen-bond acceptors (Lipinski definition) is 2. The Kier molecular flexibility index (Phi) is 3.61. The van der Waals surface area contributed by atoms with Crippen molar-refractivity contribution in [1.29, 1.82) is 0 Å². The first-order chi connectivity index (χ1) is 11.5. The molecule has 1 unspecified atom stereocenters. The highest BCUT2D eigenvalue weighted by molar-refractivity contribution is 5.86. The van der Waals surface area contributed by atoms with Crippen molar-refractivity contribution in [2.75, 3.05) is 0 Å². The molecule has 2 aliphatic rings.